The van der Waals surface area contributed by atoms with Crippen molar-refractivity contribution in [2.24, 2.45) is 0 Å². The second-order valence-corrected chi connectivity index (χ2v) is 12.7. The highest BCUT2D eigenvalue weighted by atomic mass is 15.2. The molecule has 3 nitrogen and oxygen atoms in total. The van der Waals surface area contributed by atoms with Gasteiger partial charge < -0.3 is 4.57 Å². The van der Waals surface area contributed by atoms with E-state index < -0.39 is 0 Å². The molecule has 0 unspecified atom stereocenters. The number of nitrogens with zero attached hydrogens (tertiary/aromatic N) is 3. The van der Waals surface area contributed by atoms with E-state index in [4.69, 9.17) is 4.98 Å². The van der Waals surface area contributed by atoms with E-state index in [0.29, 0.717) is 0 Å². The molecule has 0 radical (unpaired) electrons. The molecule has 0 fully saturated rings. The van der Waals surface area contributed by atoms with Gasteiger partial charge in [-0.25, -0.2) is 4.98 Å². The highest BCUT2D eigenvalue weighted by Crippen LogP contribution is 2.47. The lowest BCUT2D eigenvalue weighted by molar-refractivity contribution is 0.627. The first-order valence-electron chi connectivity index (χ1n) is 16.5. The number of anilines is 1. The number of aromatic nitrogens is 2. The Balaban J connectivity index is 1.48. The highest BCUT2D eigenvalue weighted by Gasteiger charge is 2.35. The Morgan fingerprint density at radius 3 is 2.34 bits per heavy atom. The van der Waals surface area contributed by atoms with Gasteiger partial charge in [0.25, 0.3) is 0 Å². The molecule has 6 aromatic rings. The normalized spacial score (nSPS) is 14.4. The van der Waals surface area contributed by atoms with Crippen molar-refractivity contribution in [1.29, 1.82) is 0 Å². The summed E-state index contributed by atoms with van der Waals surface area (Å²) in [4.78, 5) is 7.50. The van der Waals surface area contributed by atoms with Crippen molar-refractivity contribution in [3.8, 4) is 5.69 Å². The van der Waals surface area contributed by atoms with Crippen molar-refractivity contribution >= 4 is 39.3 Å². The van der Waals surface area contributed by atoms with E-state index >= 15 is 0 Å². The van der Waals surface area contributed by atoms with Crippen LogP contribution >= 0.6 is 0 Å². The maximum absolute atomic E-state index is 5.21. The minimum atomic E-state index is -0.106. The van der Waals surface area contributed by atoms with E-state index in [1.54, 1.807) is 0 Å². The number of fused-ring (bicyclic) bond motifs is 3. The number of rotatable bonds is 8. The second-order valence-electron chi connectivity index (χ2n) is 12.7. The summed E-state index contributed by atoms with van der Waals surface area (Å²) in [5.74, 6) is 0.865. The highest BCUT2D eigenvalue weighted by molar-refractivity contribution is 5.98. The molecule has 3 heterocycles. The molecule has 47 heavy (non-hydrogen) atoms. The van der Waals surface area contributed by atoms with E-state index in [0.717, 1.165) is 45.7 Å². The smallest absolute Gasteiger partial charge is 0.138 e. The lowest BCUT2D eigenvalue weighted by Crippen LogP contribution is -2.26. The number of hydrogen-bond donors (Lipinski definition) is 0. The molecule has 0 saturated carbocycles. The summed E-state index contributed by atoms with van der Waals surface area (Å²) in [5, 5.41) is 2.38. The van der Waals surface area contributed by atoms with Gasteiger partial charge in [0, 0.05) is 44.5 Å². The van der Waals surface area contributed by atoms with Crippen LogP contribution in [0.2, 0.25) is 0 Å². The Bertz CT molecular complexity index is 2240. The van der Waals surface area contributed by atoms with Gasteiger partial charge in [-0.05, 0) is 85.0 Å². The quantitative estimate of drug-likeness (QED) is 0.160. The number of pyridine rings is 1. The second kappa shape index (κ2) is 12.1. The van der Waals surface area contributed by atoms with Gasteiger partial charge in [0.05, 0.1) is 11.0 Å². The maximum Gasteiger partial charge on any atom is 0.138 e. The molecule has 1 aliphatic heterocycles. The summed E-state index contributed by atoms with van der Waals surface area (Å²) in [5.41, 5.74) is 13.0. The molecule has 3 heteroatoms. The Hall–Kier alpha value is -5.41. The first kappa shape index (κ1) is 30.3. The fourth-order valence-corrected chi connectivity index (χ4v) is 7.27. The minimum Gasteiger partial charge on any atom is -0.313 e. The first-order chi connectivity index (χ1) is 22.9. The molecule has 0 spiro atoms. The Morgan fingerprint density at radius 2 is 1.57 bits per heavy atom. The van der Waals surface area contributed by atoms with Crippen LogP contribution in [0.4, 0.5) is 5.82 Å². The third-order valence-corrected chi connectivity index (χ3v) is 9.73. The summed E-state index contributed by atoms with van der Waals surface area (Å²) in [6, 6.07) is 38.8. The molecule has 7 rings (SSSR count). The van der Waals surface area contributed by atoms with Crippen LogP contribution in [-0.4, -0.2) is 9.55 Å². The predicted molar refractivity (Wildman–Crippen MR) is 201 cm³/mol. The number of allylic oxidation sites excluding steroid dienone is 5. The molecule has 0 atom stereocenters. The van der Waals surface area contributed by atoms with E-state index in [1.807, 2.05) is 12.1 Å². The SMILES string of the molecule is C=C/C(=C\C(=C/C)c1ccccc1)N(/C(=C/c1c(C)n2c3c(cccc13)C(C)(C)c1ccccc1-2)CC)c1ccc2ccccc2n1. The van der Waals surface area contributed by atoms with E-state index in [1.165, 1.54) is 39.0 Å². The monoisotopic (exact) mass is 611 g/mol. The van der Waals surface area contributed by atoms with Crippen molar-refractivity contribution in [2.45, 2.75) is 46.5 Å². The van der Waals surface area contributed by atoms with Crippen LogP contribution in [0, 0.1) is 6.92 Å². The molecule has 1 aliphatic rings. The van der Waals surface area contributed by atoms with E-state index in [-0.39, 0.29) is 5.41 Å². The molecule has 0 aliphatic carbocycles. The van der Waals surface area contributed by atoms with Gasteiger partial charge in [0.2, 0.25) is 0 Å². The largest absolute Gasteiger partial charge is 0.313 e. The average molecular weight is 612 g/mol. The number of hydrogen-bond acceptors (Lipinski definition) is 2. The van der Waals surface area contributed by atoms with Gasteiger partial charge in [-0.15, -0.1) is 0 Å². The zero-order valence-corrected chi connectivity index (χ0v) is 28.0. The Morgan fingerprint density at radius 1 is 0.851 bits per heavy atom. The van der Waals surface area contributed by atoms with Crippen LogP contribution in [-0.2, 0) is 5.41 Å². The maximum atomic E-state index is 5.21. The third kappa shape index (κ3) is 5.03. The van der Waals surface area contributed by atoms with Crippen molar-refractivity contribution in [3.63, 3.8) is 0 Å². The third-order valence-electron chi connectivity index (χ3n) is 9.73. The Labute approximate surface area is 278 Å². The molecule has 2 aromatic heterocycles. The van der Waals surface area contributed by atoms with Crippen LogP contribution < -0.4 is 4.90 Å². The topological polar surface area (TPSA) is 21.1 Å². The van der Waals surface area contributed by atoms with Crippen LogP contribution in [0.1, 0.15) is 62.1 Å². The summed E-state index contributed by atoms with van der Waals surface area (Å²) in [6.07, 6.45) is 9.51. The fraction of sp³-hybridized carbons (Fsp3) is 0.159. The standard InChI is InChI=1S/C44H41N3/c1-7-31(32-18-11-10-12-19-32)28-34(8-2)47(42-27-26-33-20-13-15-24-40(33)45-42)35(9-3)29-37-30(4)46-41-25-16-14-22-38(41)44(5,6)39-23-17-21-36(37)43(39)46/h7-8,10-29H,2,9H2,1,3-6H3/b31-7+,34-28+,35-29+. The molecule has 232 valence electrons. The molecule has 0 N–H and O–H groups in total. The summed E-state index contributed by atoms with van der Waals surface area (Å²) in [7, 11) is 0. The predicted octanol–water partition coefficient (Wildman–Crippen LogP) is 11.6. The summed E-state index contributed by atoms with van der Waals surface area (Å²) < 4.78 is 2.47. The van der Waals surface area contributed by atoms with Gasteiger partial charge in [-0.1, -0.05) is 118 Å². The van der Waals surface area contributed by atoms with E-state index in [9.17, 15) is 0 Å². The average Bonchev–Trinajstić information content (AvgIpc) is 3.39. The van der Waals surface area contributed by atoms with Crippen LogP contribution in [0.25, 0.3) is 39.1 Å². The van der Waals surface area contributed by atoms with E-state index in [2.05, 4.69) is 172 Å². The van der Waals surface area contributed by atoms with Gasteiger partial charge in [-0.2, -0.15) is 0 Å². The Kier molecular flexibility index (Phi) is 7.77. The summed E-state index contributed by atoms with van der Waals surface area (Å²) in [6.45, 7) is 15.6. The zero-order valence-electron chi connectivity index (χ0n) is 28.0. The number of para-hydroxylation sites is 3. The molecule has 0 bridgehead atoms. The van der Waals surface area contributed by atoms with Crippen LogP contribution in [0.5, 0.6) is 0 Å². The molecule has 4 aromatic carbocycles. The first-order valence-corrected chi connectivity index (χ1v) is 16.5. The summed E-state index contributed by atoms with van der Waals surface area (Å²) >= 11 is 0. The van der Waals surface area contributed by atoms with Gasteiger partial charge in [-0.3, -0.25) is 4.90 Å². The van der Waals surface area contributed by atoms with Gasteiger partial charge in [0.15, 0.2) is 0 Å². The van der Waals surface area contributed by atoms with Gasteiger partial charge in [0.1, 0.15) is 5.82 Å². The molecule has 0 saturated heterocycles. The van der Waals surface area contributed by atoms with Crippen LogP contribution in [0.3, 0.4) is 0 Å². The molecule has 0 amide bonds. The lowest BCUT2D eigenvalue weighted by Gasteiger charge is -2.34. The number of benzene rings is 4. The molecular weight excluding hydrogens is 571 g/mol. The van der Waals surface area contributed by atoms with Crippen molar-refractivity contribution in [1.82, 2.24) is 9.55 Å². The fourth-order valence-electron chi connectivity index (χ4n) is 7.27. The lowest BCUT2D eigenvalue weighted by atomic mass is 9.75. The molecular formula is C44H41N3. The van der Waals surface area contributed by atoms with Crippen molar-refractivity contribution < 1.29 is 0 Å². The van der Waals surface area contributed by atoms with Crippen LogP contribution in [0.15, 0.2) is 145 Å². The zero-order chi connectivity index (χ0) is 32.7. The van der Waals surface area contributed by atoms with Crippen molar-refractivity contribution in [3.05, 3.63) is 173 Å². The minimum absolute atomic E-state index is 0.106. The van der Waals surface area contributed by atoms with Crippen molar-refractivity contribution in [2.75, 3.05) is 4.90 Å². The van der Waals surface area contributed by atoms with Gasteiger partial charge >= 0.3 is 0 Å².